The maximum Gasteiger partial charge on any atom is 0 e. The van der Waals surface area contributed by atoms with Gasteiger partial charge in [0.15, 0.2) is 0 Å². The van der Waals surface area contributed by atoms with Gasteiger partial charge in [0.25, 0.3) is 0 Å². The van der Waals surface area contributed by atoms with Crippen LogP contribution >= 0.6 is 949 Å². The van der Waals surface area contributed by atoms with Crippen molar-refractivity contribution in [2.24, 2.45) is 0 Å². The Hall–Kier alpha value is 51.8. The first kappa shape index (κ1) is 174. The van der Waals surface area contributed by atoms with Crippen molar-refractivity contribution in [1.82, 2.24) is 0 Å². The van der Waals surface area contributed by atoms with Gasteiger partial charge in [-0.15, -0.1) is 536 Å². The van der Waals surface area contributed by atoms with Gasteiger partial charge in [0.05, 0.1) is 0 Å². The third kappa shape index (κ3) is 61.8. The van der Waals surface area contributed by atoms with Crippen LogP contribution in [-0.2, 0) is 18.6 Å². The minimum atomic E-state index is -0.699. The second-order valence-electron chi connectivity index (χ2n) is 19.1. The molecular formula is H121P119V. The fourth-order valence-electron chi connectivity index (χ4n) is 7.34. The molecule has 0 amide bonds. The Balaban J connectivity index is 0. The molecule has 0 rings (SSSR count). The van der Waals surface area contributed by atoms with E-state index < -0.39 is 405 Å². The summed E-state index contributed by atoms with van der Waals surface area (Å²) in [6.45, 7) is -28.3. The first-order chi connectivity index (χ1) is 54.1. The largest absolute Gasteiger partial charge is 0.102 e. The molecule has 0 bridgehead atoms. The third-order valence-electron chi connectivity index (χ3n) is 10.6. The van der Waals surface area contributed by atoms with E-state index in [1.807, 2.05) is 0 Å². The number of hydrogen-bond acceptors (Lipinski definition) is 0. The molecule has 0 N–H and O–H groups in total. The van der Waals surface area contributed by atoms with Crippen molar-refractivity contribution in [3.05, 3.63) is 0 Å². The summed E-state index contributed by atoms with van der Waals surface area (Å²) in [7, 11) is 232. The van der Waals surface area contributed by atoms with Gasteiger partial charge in [-0.2, -0.15) is 0 Å². The molecule has 0 aliphatic carbocycles. The van der Waals surface area contributed by atoms with Crippen molar-refractivity contribution in [1.29, 1.82) is 0 Å². The second-order valence-corrected chi connectivity index (χ2v) is 515. The molecule has 0 saturated carbocycles. The predicted molar refractivity (Wildman–Crippen MR) is 992 cm³/mol. The molecule has 63 unspecified atom stereocenters. The maximum absolute atomic E-state index is 3.93. The summed E-state index contributed by atoms with van der Waals surface area (Å²) in [4.78, 5) is 0. The Bertz CT molecular complexity index is 2070. The molecule has 0 aromatic heterocycles. The van der Waals surface area contributed by atoms with Crippen molar-refractivity contribution in [3.8, 4) is 0 Å². The molecule has 0 aromatic carbocycles. The monoisotopic (exact) mass is 3860 g/mol. The van der Waals surface area contributed by atoms with E-state index in [0.29, 0.717) is 0 Å². The van der Waals surface area contributed by atoms with Crippen LogP contribution in [0.15, 0.2) is 0 Å². The first-order valence-electron chi connectivity index (χ1n) is 27.1. The van der Waals surface area contributed by atoms with E-state index in [-0.39, 0.29) is 18.6 Å². The molecule has 0 fully saturated rings. The van der Waals surface area contributed by atoms with E-state index in [1.54, 1.807) is 0 Å². The van der Waals surface area contributed by atoms with Crippen LogP contribution in [0.2, 0.25) is 0 Å². The molecule has 0 spiro atoms. The van der Waals surface area contributed by atoms with E-state index in [0.717, 1.165) is 7.96 Å². The van der Waals surface area contributed by atoms with Crippen LogP contribution in [0.4, 0.5) is 0 Å². The Labute approximate surface area is 951 Å². The van der Waals surface area contributed by atoms with E-state index in [9.17, 15) is 0 Å². The molecule has 120 heavy (non-hydrogen) atoms. The summed E-state index contributed by atoms with van der Waals surface area (Å²) in [5.74, 6) is 0. The molecular weight excluding hydrogens is 3740 g/mol. The molecule has 0 nitrogen and oxygen atoms in total. The molecule has 0 aromatic rings. The smallest absolute Gasteiger partial charge is 0 e. The molecule has 120 heteroatoms. The number of rotatable bonds is 58. The zero-order chi connectivity index (χ0) is 94.2. The van der Waals surface area contributed by atoms with Crippen molar-refractivity contribution < 1.29 is 18.6 Å². The summed E-state index contributed by atoms with van der Waals surface area (Å²) >= 11 is 0. The Morgan fingerprint density at radius 2 is 0.125 bits per heavy atom. The predicted octanol–water partition coefficient (Wildman–Crippen LogP) is 70.1. The van der Waals surface area contributed by atoms with E-state index in [1.165, 1.54) is 0 Å². The standard InChI is InChI=1S/H121P119.V/c1-62(2)94(63(3)4)109(113(95(64(5)6)65(7)8)96(66(9)10)67(11)12)92(110(114(97(68(13)14)69(15)16)98(70(17)18)71(19)20)115(99(72(21)22)73(23)24)100(74(25)26)75(27)28)61-93(111(116(101(76(29)30)77(31)32)102(78(33)34)79(35)36)117(103(80(37)38)81(39)40)104(82(41)42)83(43)44)112(118(105(84(45)46)85(47)48)106(86(49)50)87(51)52)119(107(88(53)54)89(55)56)108(90(57)58)91(59)60;/h61H,1-60H2;. The summed E-state index contributed by atoms with van der Waals surface area (Å²) < 4.78 is 0. The SMILES string of the molecule is PP(P)P(P(P)P)P(P(PP(P(P(P(P(P)P)P(P)P)P(P(P)P)P(P)P)P(P(P(P)P)P(P)P)P(P(P)P)P(P)P)P(P(P(P(P)P)P(P)P)P(P(P)P)P(P)P)P(P(P(P)P)P(P)P)P(P(P)P)P(P)P)P(P(P(P(P)P)P(P)P)P(P(P)P)P(P)P)P(P(P(P)P)P(P)P)P(P(P)P)P(P)P)P(P(P(P)P)P(P)P)P(P(P)P)P(P)P.[V]. The molecule has 721 valence electrons. The minimum Gasteiger partial charge on any atom is -0.102 e. The zero-order valence-corrected chi connectivity index (χ0v) is 185. The zero-order valence-electron chi connectivity index (χ0n) is 61.5. The second kappa shape index (κ2) is 95.7. The topological polar surface area (TPSA) is 0 Å². The normalized spacial score (nSPS) is 15.2. The summed E-state index contributed by atoms with van der Waals surface area (Å²) in [6, 6.07) is 0. The van der Waals surface area contributed by atoms with Crippen LogP contribution in [-0.4, -0.2) is 0 Å². The van der Waals surface area contributed by atoms with E-state index >= 15 is 0 Å². The summed E-state index contributed by atoms with van der Waals surface area (Å²) in [5, 5.41) is 0. The Morgan fingerprint density at radius 3 is 0.183 bits per heavy atom. The van der Waals surface area contributed by atoms with Gasteiger partial charge in [-0.3, -0.25) is 0 Å². The van der Waals surface area contributed by atoms with Gasteiger partial charge in [0.1, 0.15) is 0 Å². The fraction of sp³-hybridized carbons (Fsp3) is 0. The van der Waals surface area contributed by atoms with Crippen LogP contribution in [0.3, 0.4) is 0 Å². The summed E-state index contributed by atoms with van der Waals surface area (Å²) in [6.07, 6.45) is 0. The molecule has 0 aliphatic heterocycles. The maximum atomic E-state index is 3.93. The fourth-order valence-corrected chi connectivity index (χ4v) is 1780. The van der Waals surface area contributed by atoms with Gasteiger partial charge in [0.2, 0.25) is 0 Å². The van der Waals surface area contributed by atoms with Crippen LogP contribution in [0.5, 0.6) is 0 Å². The molecule has 0 heterocycles. The van der Waals surface area contributed by atoms with Gasteiger partial charge < -0.3 is 0 Å². The van der Waals surface area contributed by atoms with E-state index in [2.05, 4.69) is 536 Å². The van der Waals surface area contributed by atoms with E-state index in [4.69, 9.17) is 0 Å². The minimum absolute atomic E-state index is 0. The summed E-state index contributed by atoms with van der Waals surface area (Å²) in [5.41, 5.74) is 0. The van der Waals surface area contributed by atoms with Gasteiger partial charge in [-0.05, 0) is 413 Å². The third-order valence-corrected chi connectivity index (χ3v) is 856. The van der Waals surface area contributed by atoms with Crippen LogP contribution < -0.4 is 0 Å². The Morgan fingerprint density at radius 1 is 0.0750 bits per heavy atom. The van der Waals surface area contributed by atoms with Crippen molar-refractivity contribution >= 4 is 949 Å². The van der Waals surface area contributed by atoms with Gasteiger partial charge in [-0.1, -0.05) is 0 Å². The Kier molecular flexibility index (Phi) is 139. The van der Waals surface area contributed by atoms with Crippen molar-refractivity contribution in [2.45, 2.75) is 0 Å². The average molecular weight is 3860 g/mol. The van der Waals surface area contributed by atoms with Gasteiger partial charge >= 0.3 is 0 Å². The molecule has 0 saturated heterocycles. The van der Waals surface area contributed by atoms with Crippen LogP contribution in [0, 0.1) is 0 Å². The van der Waals surface area contributed by atoms with Crippen molar-refractivity contribution in [3.63, 3.8) is 0 Å². The quantitative estimate of drug-likeness (QED) is 0.0533. The average Bonchev–Trinajstić information content (AvgIpc) is 0.719. The van der Waals surface area contributed by atoms with Gasteiger partial charge in [-0.25, -0.2) is 0 Å². The molecule has 1 radical (unpaired) electrons. The van der Waals surface area contributed by atoms with Crippen molar-refractivity contribution in [2.75, 3.05) is 0 Å². The van der Waals surface area contributed by atoms with Crippen LogP contribution in [0.1, 0.15) is 0 Å². The van der Waals surface area contributed by atoms with Gasteiger partial charge in [0, 0.05) is 18.6 Å². The molecule has 63 atom stereocenters. The first-order valence-corrected chi connectivity index (χ1v) is 244. The molecule has 0 aliphatic rings. The van der Waals surface area contributed by atoms with Crippen LogP contribution in [0.25, 0.3) is 0 Å². The number of hydrogen-bond donors (Lipinski definition) is 0.